The van der Waals surface area contributed by atoms with Crippen LogP contribution in [-0.2, 0) is 25.8 Å². The second kappa shape index (κ2) is 11.7. The Morgan fingerprint density at radius 2 is 1.80 bits per heavy atom. The molecule has 1 aromatic heterocycles. The van der Waals surface area contributed by atoms with Crippen molar-refractivity contribution in [3.63, 3.8) is 0 Å². The monoisotopic (exact) mass is 650 g/mol. The number of hydrogen-bond acceptors (Lipinski definition) is 4. The summed E-state index contributed by atoms with van der Waals surface area (Å²) in [6.45, 7) is 1.14. The zero-order valence-electron chi connectivity index (χ0n) is 24.9. The molecule has 3 amide bonds. The topological polar surface area (TPSA) is 85.2 Å². The first-order chi connectivity index (χ1) is 21.7. The number of aromatic nitrogens is 2. The van der Waals surface area contributed by atoms with Crippen molar-refractivity contribution >= 4 is 23.6 Å². The maximum Gasteiger partial charge on any atom is 0.416 e. The number of para-hydroxylation sites is 1. The number of rotatable bonds is 6. The van der Waals surface area contributed by atoms with Crippen molar-refractivity contribution in [3.05, 3.63) is 76.7 Å². The van der Waals surface area contributed by atoms with E-state index in [1.165, 1.54) is 35.1 Å². The Morgan fingerprint density at radius 1 is 1.09 bits per heavy atom. The lowest BCUT2D eigenvalue weighted by atomic mass is 10.00. The van der Waals surface area contributed by atoms with E-state index in [0.29, 0.717) is 42.1 Å². The van der Waals surface area contributed by atoms with Crippen molar-refractivity contribution in [1.82, 2.24) is 19.6 Å². The van der Waals surface area contributed by atoms with E-state index >= 15 is 0 Å². The number of carboxylic acid groups (broad SMARTS) is 1. The number of likely N-dealkylation sites (tertiary alicyclic amines) is 1. The van der Waals surface area contributed by atoms with Crippen LogP contribution in [0.4, 0.5) is 47.4 Å². The normalized spacial score (nSPS) is 20.4. The maximum atomic E-state index is 14.7. The van der Waals surface area contributed by atoms with Crippen molar-refractivity contribution < 1.29 is 41.0 Å². The van der Waals surface area contributed by atoms with Crippen LogP contribution >= 0.6 is 0 Å². The number of anilines is 2. The summed E-state index contributed by atoms with van der Waals surface area (Å²) >= 11 is 0. The van der Waals surface area contributed by atoms with Crippen molar-refractivity contribution in [1.29, 1.82) is 0 Å². The van der Waals surface area contributed by atoms with Crippen LogP contribution in [0.5, 0.6) is 0 Å². The minimum absolute atomic E-state index is 0.0679. The third-order valence-corrected chi connectivity index (χ3v) is 8.97. The highest BCUT2D eigenvalue weighted by atomic mass is 19.4. The van der Waals surface area contributed by atoms with Crippen LogP contribution in [0.1, 0.15) is 41.5 Å². The summed E-state index contributed by atoms with van der Waals surface area (Å²) in [5.74, 6) is -3.48. The first kappa shape index (κ1) is 31.5. The van der Waals surface area contributed by atoms with Crippen molar-refractivity contribution in [2.24, 2.45) is 0 Å². The van der Waals surface area contributed by atoms with Crippen LogP contribution in [-0.4, -0.2) is 74.5 Å². The Morgan fingerprint density at radius 3 is 2.48 bits per heavy atom. The molecule has 3 aliphatic rings. The summed E-state index contributed by atoms with van der Waals surface area (Å²) in [5.41, 5.74) is 0.708. The van der Waals surface area contributed by atoms with Crippen LogP contribution in [0, 0.1) is 12.7 Å². The highest BCUT2D eigenvalue weighted by Gasteiger charge is 2.48. The largest absolute Gasteiger partial charge is 0.465 e. The van der Waals surface area contributed by atoms with Crippen molar-refractivity contribution in [2.45, 2.75) is 70.0 Å². The van der Waals surface area contributed by atoms with Gasteiger partial charge in [-0.2, -0.15) is 18.3 Å². The molecule has 15 heteroatoms. The van der Waals surface area contributed by atoms with Crippen molar-refractivity contribution in [2.75, 3.05) is 29.4 Å². The number of fused-ring (bicyclic) bond motifs is 1. The van der Waals surface area contributed by atoms with E-state index in [-0.39, 0.29) is 36.3 Å². The standard InChI is InChI=1S/C31H32F6N6O3/c1-19-5-4-8-25(32)26(19)39-11-9-22(10-12-39)41-16-21-14-40(17-23-13-30(33,34)18-43(23)29(45)46)38-27(21)42(28(41)44)15-20-6-2-3-7-24(20)31(35,36)37/h2-8,14,22-23H,9-13,15-18H2,1H3,(H,45,46)/t23-/m0/s1. The van der Waals surface area contributed by atoms with Crippen LogP contribution in [0.3, 0.4) is 0 Å². The van der Waals surface area contributed by atoms with E-state index in [4.69, 9.17) is 0 Å². The number of urea groups is 1. The number of aryl methyl sites for hydroxylation is 1. The molecule has 246 valence electrons. The van der Waals surface area contributed by atoms with Gasteiger partial charge < -0.3 is 14.9 Å². The predicted molar refractivity (Wildman–Crippen MR) is 155 cm³/mol. The molecule has 9 nitrogen and oxygen atoms in total. The van der Waals surface area contributed by atoms with Gasteiger partial charge in [0.2, 0.25) is 0 Å². The van der Waals surface area contributed by atoms with Gasteiger partial charge in [0, 0.05) is 37.3 Å². The molecular formula is C31H32F6N6O3. The fourth-order valence-electron chi connectivity index (χ4n) is 6.84. The highest BCUT2D eigenvalue weighted by molar-refractivity contribution is 5.94. The number of halogens is 6. The summed E-state index contributed by atoms with van der Waals surface area (Å²) in [6, 6.07) is 7.79. The van der Waals surface area contributed by atoms with Gasteiger partial charge in [0.15, 0.2) is 5.82 Å². The van der Waals surface area contributed by atoms with Gasteiger partial charge in [0.05, 0.1) is 43.5 Å². The van der Waals surface area contributed by atoms with Gasteiger partial charge in [-0.15, -0.1) is 0 Å². The predicted octanol–water partition coefficient (Wildman–Crippen LogP) is 6.35. The molecule has 2 aromatic carbocycles. The lowest BCUT2D eigenvalue weighted by molar-refractivity contribution is -0.138. The fraction of sp³-hybridized carbons (Fsp3) is 0.452. The fourth-order valence-corrected chi connectivity index (χ4v) is 6.84. The first-order valence-electron chi connectivity index (χ1n) is 14.9. The zero-order valence-corrected chi connectivity index (χ0v) is 24.9. The third-order valence-electron chi connectivity index (χ3n) is 8.97. The molecule has 3 aromatic rings. The van der Waals surface area contributed by atoms with Gasteiger partial charge in [0.25, 0.3) is 5.92 Å². The summed E-state index contributed by atoms with van der Waals surface area (Å²) in [4.78, 5) is 31.0. The molecule has 1 atom stereocenters. The zero-order chi connectivity index (χ0) is 33.0. The number of nitrogens with zero attached hydrogens (tertiary/aromatic N) is 6. The van der Waals surface area contributed by atoms with Gasteiger partial charge >= 0.3 is 18.3 Å². The number of carbonyl (C=O) groups excluding carboxylic acids is 1. The Bertz CT molecular complexity index is 1620. The number of piperidine rings is 1. The van der Waals surface area contributed by atoms with Gasteiger partial charge in [-0.05, 0) is 43.0 Å². The van der Waals surface area contributed by atoms with Crippen LogP contribution in [0.25, 0.3) is 0 Å². The molecule has 0 unspecified atom stereocenters. The third kappa shape index (κ3) is 6.06. The van der Waals surface area contributed by atoms with Gasteiger partial charge in [0.1, 0.15) is 5.82 Å². The molecule has 1 N–H and O–H groups in total. The number of alkyl halides is 5. The number of carbonyl (C=O) groups is 2. The maximum absolute atomic E-state index is 14.7. The molecular weight excluding hydrogens is 618 g/mol. The lowest BCUT2D eigenvalue weighted by Gasteiger charge is -2.43. The van der Waals surface area contributed by atoms with E-state index in [0.717, 1.165) is 16.5 Å². The van der Waals surface area contributed by atoms with E-state index < -0.39 is 55.3 Å². The van der Waals surface area contributed by atoms with Gasteiger partial charge in [-0.3, -0.25) is 14.5 Å². The van der Waals surface area contributed by atoms with Crippen LogP contribution in [0.2, 0.25) is 0 Å². The molecule has 0 saturated carbocycles. The molecule has 2 saturated heterocycles. The number of amides is 3. The minimum Gasteiger partial charge on any atom is -0.465 e. The molecule has 0 spiro atoms. The number of benzene rings is 2. The average molecular weight is 651 g/mol. The molecule has 2 fully saturated rings. The molecule has 3 aliphatic heterocycles. The molecule has 0 aliphatic carbocycles. The Balaban J connectivity index is 1.29. The molecule has 0 radical (unpaired) electrons. The molecule has 46 heavy (non-hydrogen) atoms. The Kier molecular flexibility index (Phi) is 8.05. The highest BCUT2D eigenvalue weighted by Crippen LogP contribution is 2.38. The molecule has 6 rings (SSSR count). The van der Waals surface area contributed by atoms with E-state index in [1.807, 2.05) is 17.9 Å². The smallest absolute Gasteiger partial charge is 0.416 e. The summed E-state index contributed by atoms with van der Waals surface area (Å²) in [7, 11) is 0. The average Bonchev–Trinajstić information content (AvgIpc) is 3.53. The van der Waals surface area contributed by atoms with E-state index in [1.54, 1.807) is 11.0 Å². The van der Waals surface area contributed by atoms with Crippen molar-refractivity contribution in [3.8, 4) is 0 Å². The molecule has 0 bridgehead atoms. The lowest BCUT2D eigenvalue weighted by Crippen LogP contribution is -2.54. The SMILES string of the molecule is Cc1cccc(F)c1N1CCC(N2Cc3cn(C[C@@H]4CC(F)(F)CN4C(=O)O)nc3N(Cc3ccccc3C(F)(F)F)C2=O)CC1. The van der Waals surface area contributed by atoms with Crippen LogP contribution < -0.4 is 9.80 Å². The minimum atomic E-state index is -4.68. The Hall–Kier alpha value is -4.43. The summed E-state index contributed by atoms with van der Waals surface area (Å²) < 4.78 is 86.0. The number of hydrogen-bond donors (Lipinski definition) is 1. The molecule has 4 heterocycles. The van der Waals surface area contributed by atoms with E-state index in [9.17, 15) is 41.0 Å². The summed E-state index contributed by atoms with van der Waals surface area (Å²) in [5, 5.41) is 13.9. The van der Waals surface area contributed by atoms with Gasteiger partial charge in [-0.25, -0.2) is 22.8 Å². The van der Waals surface area contributed by atoms with E-state index in [2.05, 4.69) is 5.10 Å². The second-order valence-corrected chi connectivity index (χ2v) is 12.1. The first-order valence-corrected chi connectivity index (χ1v) is 14.9. The van der Waals surface area contributed by atoms with Crippen LogP contribution in [0.15, 0.2) is 48.7 Å². The summed E-state index contributed by atoms with van der Waals surface area (Å²) in [6.07, 6.45) is -4.41. The quantitative estimate of drug-likeness (QED) is 0.315. The van der Waals surface area contributed by atoms with Gasteiger partial charge in [-0.1, -0.05) is 30.3 Å². The second-order valence-electron chi connectivity index (χ2n) is 12.1. The Labute approximate surface area is 260 Å².